The van der Waals surface area contributed by atoms with Gasteiger partial charge in [0.1, 0.15) is 31.1 Å². The van der Waals surface area contributed by atoms with Gasteiger partial charge in [0.05, 0.1) is 6.10 Å². The average molecular weight is 683 g/mol. The normalized spacial score (nSPS) is 18.0. The number of rotatable bonds is 26. The van der Waals surface area contributed by atoms with Crippen molar-refractivity contribution >= 4 is 5.97 Å². The van der Waals surface area contributed by atoms with Crippen LogP contribution in [0.3, 0.4) is 0 Å². The Hall–Kier alpha value is -2.84. The number of carbonyl (C=O) groups excluding carboxylic acids is 1. The first kappa shape index (κ1) is 41.3. The maximum atomic E-state index is 13.2. The quantitative estimate of drug-likeness (QED) is 0.0454. The Labute approximate surface area is 284 Å². The summed E-state index contributed by atoms with van der Waals surface area (Å²) < 4.78 is 57.0. The van der Waals surface area contributed by atoms with Crippen molar-refractivity contribution in [3.05, 3.63) is 44.8 Å². The second-order valence-corrected chi connectivity index (χ2v) is 12.8. The molecule has 1 aliphatic heterocycles. The van der Waals surface area contributed by atoms with Gasteiger partial charge in [-0.15, -0.1) is 6.42 Å². The predicted octanol–water partition coefficient (Wildman–Crippen LogP) is 8.78. The molecule has 1 aromatic rings. The van der Waals surface area contributed by atoms with Crippen LogP contribution < -0.4 is 11.2 Å². The summed E-state index contributed by atoms with van der Waals surface area (Å²) in [5.74, 6) is 1.90. The summed E-state index contributed by atoms with van der Waals surface area (Å²) in [4.78, 5) is 37.9. The number of nitrogens with one attached hydrogen (secondary N) is 1. The Morgan fingerprint density at radius 1 is 0.938 bits per heavy atom. The number of nitrogens with zero attached hydrogens (tertiary/aromatic N) is 1. The van der Waals surface area contributed by atoms with E-state index in [1.165, 1.54) is 96.3 Å². The molecule has 0 bridgehead atoms. The Bertz CT molecular complexity index is 1220. The summed E-state index contributed by atoms with van der Waals surface area (Å²) in [5.41, 5.74) is -4.12. The van der Waals surface area contributed by atoms with Crippen LogP contribution >= 0.6 is 0 Å². The fraction of sp³-hybridized carbons (Fsp3) is 0.757. The van der Waals surface area contributed by atoms with Gasteiger partial charge in [-0.1, -0.05) is 115 Å². The molecule has 3 atom stereocenters. The van der Waals surface area contributed by atoms with Crippen molar-refractivity contribution in [1.29, 1.82) is 0 Å². The van der Waals surface area contributed by atoms with E-state index in [-0.39, 0.29) is 26.1 Å². The van der Waals surface area contributed by atoms with Crippen molar-refractivity contribution < 1.29 is 32.2 Å². The Morgan fingerprint density at radius 3 is 2.02 bits per heavy atom. The lowest BCUT2D eigenvalue weighted by Crippen LogP contribution is -2.36. The Kier molecular flexibility index (Phi) is 20.9. The molecule has 1 fully saturated rings. The molecule has 8 nitrogen and oxygen atoms in total. The third-order valence-electron chi connectivity index (χ3n) is 8.70. The number of hydrogen-bond acceptors (Lipinski definition) is 6. The number of H-pyrrole nitrogens is 1. The molecular formula is C37H57F3N2O6. The zero-order valence-electron chi connectivity index (χ0n) is 28.8. The number of unbranched alkanes of at least 4 members (excludes halogenated alkanes) is 17. The van der Waals surface area contributed by atoms with Crippen LogP contribution in [0, 0.1) is 12.3 Å². The van der Waals surface area contributed by atoms with Gasteiger partial charge in [0.25, 0.3) is 5.56 Å². The number of esters is 1. The zero-order chi connectivity index (χ0) is 35.0. The van der Waals surface area contributed by atoms with Crippen LogP contribution in [0.25, 0.3) is 0 Å². The summed E-state index contributed by atoms with van der Waals surface area (Å²) in [6.07, 6.45) is 26.2. The van der Waals surface area contributed by atoms with Crippen LogP contribution in [0.5, 0.6) is 0 Å². The largest absolute Gasteiger partial charge is 0.463 e. The van der Waals surface area contributed by atoms with E-state index in [0.29, 0.717) is 17.2 Å². The van der Waals surface area contributed by atoms with Crippen LogP contribution in [0.1, 0.15) is 154 Å². The molecule has 2 heterocycles. The minimum absolute atomic E-state index is 0.0237. The molecule has 0 amide bonds. The van der Waals surface area contributed by atoms with E-state index in [9.17, 15) is 27.6 Å². The molecule has 1 aliphatic rings. The van der Waals surface area contributed by atoms with Crippen molar-refractivity contribution in [2.24, 2.45) is 0 Å². The smallest absolute Gasteiger partial charge is 0.423 e. The van der Waals surface area contributed by atoms with Crippen LogP contribution in [0.2, 0.25) is 0 Å². The van der Waals surface area contributed by atoms with Gasteiger partial charge in [0, 0.05) is 19.0 Å². The van der Waals surface area contributed by atoms with Crippen molar-refractivity contribution in [3.8, 4) is 12.3 Å². The number of allylic oxidation sites excluding steroid dienone is 2. The number of carbonyl (C=O) groups is 1. The zero-order valence-corrected chi connectivity index (χ0v) is 28.8. The third-order valence-corrected chi connectivity index (χ3v) is 8.70. The molecule has 2 rings (SSSR count). The van der Waals surface area contributed by atoms with Crippen molar-refractivity contribution in [3.63, 3.8) is 0 Å². The van der Waals surface area contributed by atoms with Gasteiger partial charge < -0.3 is 14.2 Å². The number of aromatic nitrogens is 2. The van der Waals surface area contributed by atoms with Crippen LogP contribution in [0.4, 0.5) is 13.2 Å². The average Bonchev–Trinajstić information content (AvgIpc) is 3.45. The number of ether oxygens (including phenoxy) is 3. The molecule has 1 saturated heterocycles. The van der Waals surface area contributed by atoms with Crippen molar-refractivity contribution in [2.45, 2.75) is 166 Å². The maximum Gasteiger partial charge on any atom is 0.423 e. The maximum absolute atomic E-state index is 13.2. The fourth-order valence-corrected chi connectivity index (χ4v) is 5.90. The topological polar surface area (TPSA) is 99.6 Å². The molecule has 1 N–H and O–H groups in total. The second-order valence-electron chi connectivity index (χ2n) is 12.8. The van der Waals surface area contributed by atoms with Crippen molar-refractivity contribution in [1.82, 2.24) is 9.55 Å². The molecule has 11 heteroatoms. The van der Waals surface area contributed by atoms with Crippen LogP contribution in [-0.2, 0) is 25.2 Å². The van der Waals surface area contributed by atoms with Gasteiger partial charge in [0.15, 0.2) is 0 Å². The monoisotopic (exact) mass is 682 g/mol. The summed E-state index contributed by atoms with van der Waals surface area (Å²) in [6.45, 7) is 1.95. The molecule has 0 radical (unpaired) electrons. The molecule has 0 saturated carbocycles. The van der Waals surface area contributed by atoms with Gasteiger partial charge in [-0.05, 0) is 32.1 Å². The van der Waals surface area contributed by atoms with E-state index in [2.05, 4.69) is 25.0 Å². The Morgan fingerprint density at radius 2 is 1.48 bits per heavy atom. The molecule has 0 spiro atoms. The highest BCUT2D eigenvalue weighted by molar-refractivity contribution is 5.69. The third kappa shape index (κ3) is 17.0. The summed E-state index contributed by atoms with van der Waals surface area (Å²) in [7, 11) is 0. The van der Waals surface area contributed by atoms with Crippen LogP contribution in [0.15, 0.2) is 27.9 Å². The van der Waals surface area contributed by atoms with Crippen molar-refractivity contribution in [2.75, 3.05) is 13.2 Å². The molecule has 0 aromatic carbocycles. The van der Waals surface area contributed by atoms with E-state index in [1.54, 1.807) is 4.98 Å². The van der Waals surface area contributed by atoms with Crippen LogP contribution in [-0.4, -0.2) is 40.9 Å². The molecule has 48 heavy (non-hydrogen) atoms. The molecule has 1 aromatic heterocycles. The van der Waals surface area contributed by atoms with E-state index >= 15 is 0 Å². The molecule has 0 aliphatic carbocycles. The van der Waals surface area contributed by atoms with E-state index < -0.39 is 47.4 Å². The number of terminal acetylenes is 1. The first-order valence-corrected chi connectivity index (χ1v) is 18.1. The number of alkyl halides is 3. The standard InChI is InChI=1S/C37H57F3N2O6/c1-3-5-6-7-8-9-10-11-12-13-14-15-16-17-18-19-20-21-22-23-24-25-34(43)47-29-32-31(46-26-4-2)27-33(48-32)42-28-30(37(38,39)40)35(44)41-36(42)45/h2,11-12,28,31-33H,3,5-10,13-27,29H2,1H3,(H,41,44,45)/t31-,32+,33+/m0/s1. The van der Waals surface area contributed by atoms with E-state index in [4.69, 9.17) is 20.6 Å². The van der Waals surface area contributed by atoms with Gasteiger partial charge in [-0.25, -0.2) is 4.79 Å². The SMILES string of the molecule is C#CCO[C@H]1C[C@H](n2cc(C(F)(F)F)c(=O)[nH]c2=O)O[C@@H]1COC(=O)CCCCCCCCCCCCCC=CCCCCCCCC. The van der Waals surface area contributed by atoms with Gasteiger partial charge in [-0.3, -0.25) is 19.1 Å². The number of aromatic amines is 1. The first-order valence-electron chi connectivity index (χ1n) is 18.1. The lowest BCUT2D eigenvalue weighted by atomic mass is 10.0. The molecule has 272 valence electrons. The lowest BCUT2D eigenvalue weighted by Gasteiger charge is -2.18. The lowest BCUT2D eigenvalue weighted by molar-refractivity contribution is -0.151. The van der Waals surface area contributed by atoms with Gasteiger partial charge in [0.2, 0.25) is 0 Å². The number of halogens is 3. The summed E-state index contributed by atoms with van der Waals surface area (Å²) >= 11 is 0. The molecular weight excluding hydrogens is 625 g/mol. The van der Waals surface area contributed by atoms with E-state index in [0.717, 1.165) is 19.3 Å². The van der Waals surface area contributed by atoms with E-state index in [1.807, 2.05) is 0 Å². The minimum Gasteiger partial charge on any atom is -0.463 e. The highest BCUT2D eigenvalue weighted by Crippen LogP contribution is 2.32. The van der Waals surface area contributed by atoms with Gasteiger partial charge >= 0.3 is 17.8 Å². The summed E-state index contributed by atoms with van der Waals surface area (Å²) in [5, 5.41) is 0. The molecule has 0 unspecified atom stereocenters. The Balaban J connectivity index is 1.53. The van der Waals surface area contributed by atoms with Gasteiger partial charge in [-0.2, -0.15) is 13.2 Å². The highest BCUT2D eigenvalue weighted by atomic mass is 19.4. The minimum atomic E-state index is -4.96. The highest BCUT2D eigenvalue weighted by Gasteiger charge is 2.40. The summed E-state index contributed by atoms with van der Waals surface area (Å²) in [6, 6.07) is 0. The predicted molar refractivity (Wildman–Crippen MR) is 182 cm³/mol. The number of hydrogen-bond donors (Lipinski definition) is 1. The fourth-order valence-electron chi connectivity index (χ4n) is 5.90. The second kappa shape index (κ2) is 24.3. The first-order chi connectivity index (χ1) is 23.2.